The van der Waals surface area contributed by atoms with Gasteiger partial charge in [0.1, 0.15) is 11.6 Å². The second-order valence-electron chi connectivity index (χ2n) is 4.15. The number of nitrogen functional groups attached to an aromatic ring is 3. The Bertz CT molecular complexity index is 769. The molecular formula is C13H12N6S. The van der Waals surface area contributed by atoms with Crippen LogP contribution in [-0.2, 0) is 0 Å². The molecule has 1 aromatic carbocycles. The maximum absolute atomic E-state index is 5.92. The predicted molar refractivity (Wildman–Crippen MR) is 81.1 cm³/mol. The Kier molecular flexibility index (Phi) is 3.03. The minimum absolute atomic E-state index is 0.345. The van der Waals surface area contributed by atoms with E-state index in [1.165, 1.54) is 17.8 Å². The molecular weight excluding hydrogens is 272 g/mol. The predicted octanol–water partition coefficient (Wildman–Crippen LogP) is 1.92. The van der Waals surface area contributed by atoms with Gasteiger partial charge >= 0.3 is 0 Å². The van der Waals surface area contributed by atoms with Crippen LogP contribution in [0.5, 0.6) is 0 Å². The van der Waals surface area contributed by atoms with Crippen LogP contribution in [0.3, 0.4) is 0 Å². The second kappa shape index (κ2) is 4.86. The summed E-state index contributed by atoms with van der Waals surface area (Å²) in [7, 11) is 0. The van der Waals surface area contributed by atoms with Gasteiger partial charge in [0.15, 0.2) is 5.16 Å². The zero-order valence-corrected chi connectivity index (χ0v) is 11.3. The van der Waals surface area contributed by atoms with Gasteiger partial charge in [0.25, 0.3) is 0 Å². The van der Waals surface area contributed by atoms with Crippen LogP contribution >= 0.6 is 11.8 Å². The third kappa shape index (κ3) is 2.30. The van der Waals surface area contributed by atoms with Crippen LogP contribution in [0.25, 0.3) is 10.9 Å². The molecule has 0 atom stereocenters. The lowest BCUT2D eigenvalue weighted by Crippen LogP contribution is -1.99. The molecule has 0 amide bonds. The number of fused-ring (bicyclic) bond motifs is 1. The van der Waals surface area contributed by atoms with Crippen LogP contribution < -0.4 is 17.2 Å². The zero-order chi connectivity index (χ0) is 14.1. The zero-order valence-electron chi connectivity index (χ0n) is 10.4. The van der Waals surface area contributed by atoms with Gasteiger partial charge in [0.05, 0.1) is 11.2 Å². The van der Waals surface area contributed by atoms with E-state index in [1.807, 2.05) is 24.3 Å². The highest BCUT2D eigenvalue weighted by Crippen LogP contribution is 2.33. The molecule has 2 aromatic heterocycles. The Morgan fingerprint density at radius 2 is 1.70 bits per heavy atom. The summed E-state index contributed by atoms with van der Waals surface area (Å²) in [6, 6.07) is 9.06. The van der Waals surface area contributed by atoms with E-state index in [4.69, 9.17) is 17.2 Å². The van der Waals surface area contributed by atoms with Gasteiger partial charge in [0.2, 0.25) is 0 Å². The Morgan fingerprint density at radius 3 is 2.45 bits per heavy atom. The lowest BCUT2D eigenvalue weighted by molar-refractivity contribution is 0.985. The van der Waals surface area contributed by atoms with Gasteiger partial charge in [-0.1, -0.05) is 6.07 Å². The fourth-order valence-corrected chi connectivity index (χ4v) is 2.77. The van der Waals surface area contributed by atoms with Gasteiger partial charge in [-0.2, -0.15) is 0 Å². The van der Waals surface area contributed by atoms with Crippen molar-refractivity contribution in [2.24, 2.45) is 0 Å². The number of nitrogens with two attached hydrogens (primary N) is 3. The maximum atomic E-state index is 5.92. The molecule has 6 N–H and O–H groups in total. The smallest absolute Gasteiger partial charge is 0.196 e. The minimum atomic E-state index is 0.345. The number of rotatable bonds is 2. The summed E-state index contributed by atoms with van der Waals surface area (Å²) in [5.74, 6) is 0.691. The number of aromatic nitrogens is 3. The van der Waals surface area contributed by atoms with Gasteiger partial charge in [-0.05, 0) is 30.0 Å². The molecule has 0 aliphatic rings. The molecule has 0 aliphatic heterocycles. The number of pyridine rings is 1. The molecule has 0 saturated carbocycles. The molecule has 0 spiro atoms. The van der Waals surface area contributed by atoms with E-state index in [9.17, 15) is 0 Å². The van der Waals surface area contributed by atoms with Crippen molar-refractivity contribution in [2.45, 2.75) is 10.1 Å². The molecule has 2 heterocycles. The number of nitrogens with zero attached hydrogens (tertiary/aromatic N) is 3. The van der Waals surface area contributed by atoms with E-state index in [1.54, 1.807) is 6.20 Å². The van der Waals surface area contributed by atoms with Gasteiger partial charge < -0.3 is 17.2 Å². The van der Waals surface area contributed by atoms with E-state index in [2.05, 4.69) is 15.0 Å². The molecule has 100 valence electrons. The number of benzene rings is 1. The van der Waals surface area contributed by atoms with Crippen LogP contribution in [0, 0.1) is 0 Å². The first-order valence-electron chi connectivity index (χ1n) is 5.84. The molecule has 3 aromatic rings. The van der Waals surface area contributed by atoms with E-state index in [0.29, 0.717) is 22.5 Å². The highest BCUT2D eigenvalue weighted by molar-refractivity contribution is 7.99. The van der Waals surface area contributed by atoms with Gasteiger partial charge in [0, 0.05) is 22.5 Å². The summed E-state index contributed by atoms with van der Waals surface area (Å²) in [4.78, 5) is 13.6. The maximum Gasteiger partial charge on any atom is 0.196 e. The first-order chi connectivity index (χ1) is 9.63. The van der Waals surface area contributed by atoms with Crippen molar-refractivity contribution in [1.82, 2.24) is 15.0 Å². The SMILES string of the molecule is Nc1cc(N)nc(Sc2ccc(N)c3ncccc23)n1. The van der Waals surface area contributed by atoms with Crippen LogP contribution in [0.1, 0.15) is 0 Å². The van der Waals surface area contributed by atoms with Crippen molar-refractivity contribution in [3.8, 4) is 0 Å². The average molecular weight is 284 g/mol. The molecule has 0 aliphatic carbocycles. The molecule has 0 saturated heterocycles. The molecule has 7 heteroatoms. The first-order valence-corrected chi connectivity index (χ1v) is 6.66. The normalized spacial score (nSPS) is 10.8. The van der Waals surface area contributed by atoms with Crippen molar-refractivity contribution in [3.63, 3.8) is 0 Å². The number of anilines is 3. The highest BCUT2D eigenvalue weighted by Gasteiger charge is 2.09. The molecule has 6 nitrogen and oxygen atoms in total. The lowest BCUT2D eigenvalue weighted by Gasteiger charge is -2.07. The first kappa shape index (κ1) is 12.5. The van der Waals surface area contributed by atoms with Gasteiger partial charge in [-0.15, -0.1) is 0 Å². The highest BCUT2D eigenvalue weighted by atomic mass is 32.2. The average Bonchev–Trinajstić information content (AvgIpc) is 2.41. The Morgan fingerprint density at radius 1 is 0.950 bits per heavy atom. The Hall–Kier alpha value is -2.54. The van der Waals surface area contributed by atoms with E-state index in [-0.39, 0.29) is 0 Å². The van der Waals surface area contributed by atoms with Crippen LogP contribution in [0.4, 0.5) is 17.3 Å². The summed E-state index contributed by atoms with van der Waals surface area (Å²) < 4.78 is 0. The molecule has 20 heavy (non-hydrogen) atoms. The lowest BCUT2D eigenvalue weighted by atomic mass is 10.2. The number of hydrogen-bond donors (Lipinski definition) is 3. The summed E-state index contributed by atoms with van der Waals surface area (Å²) in [6.07, 6.45) is 1.71. The summed E-state index contributed by atoms with van der Waals surface area (Å²) >= 11 is 1.38. The molecule has 0 radical (unpaired) electrons. The summed E-state index contributed by atoms with van der Waals surface area (Å²) in [5, 5.41) is 1.44. The largest absolute Gasteiger partial charge is 0.397 e. The second-order valence-corrected chi connectivity index (χ2v) is 5.16. The van der Waals surface area contributed by atoms with Crippen molar-refractivity contribution in [1.29, 1.82) is 0 Å². The molecule has 0 bridgehead atoms. The third-order valence-corrected chi connectivity index (χ3v) is 3.65. The van der Waals surface area contributed by atoms with Crippen LogP contribution in [0.2, 0.25) is 0 Å². The van der Waals surface area contributed by atoms with E-state index >= 15 is 0 Å². The topological polar surface area (TPSA) is 117 Å². The Balaban J connectivity index is 2.09. The van der Waals surface area contributed by atoms with Crippen molar-refractivity contribution < 1.29 is 0 Å². The van der Waals surface area contributed by atoms with Crippen LogP contribution in [0.15, 0.2) is 46.6 Å². The van der Waals surface area contributed by atoms with Gasteiger partial charge in [-0.3, -0.25) is 4.98 Å². The monoisotopic (exact) mass is 284 g/mol. The van der Waals surface area contributed by atoms with Crippen LogP contribution in [-0.4, -0.2) is 15.0 Å². The standard InChI is InChI=1S/C13H12N6S/c14-8-3-4-9(7-2-1-5-17-12(7)8)20-13-18-10(15)6-11(16)19-13/h1-6H,14H2,(H4,15,16,18,19). The van der Waals surface area contributed by atoms with Crippen molar-refractivity contribution >= 4 is 40.0 Å². The summed E-state index contributed by atoms with van der Waals surface area (Å²) in [6.45, 7) is 0. The Labute approximate surface area is 119 Å². The third-order valence-electron chi connectivity index (χ3n) is 2.71. The van der Waals surface area contributed by atoms with E-state index < -0.39 is 0 Å². The minimum Gasteiger partial charge on any atom is -0.397 e. The van der Waals surface area contributed by atoms with Crippen molar-refractivity contribution in [2.75, 3.05) is 17.2 Å². The van der Waals surface area contributed by atoms with Crippen molar-refractivity contribution in [3.05, 3.63) is 36.5 Å². The fraction of sp³-hybridized carbons (Fsp3) is 0. The molecule has 0 unspecified atom stereocenters. The molecule has 0 fully saturated rings. The number of hydrogen-bond acceptors (Lipinski definition) is 7. The van der Waals surface area contributed by atoms with Gasteiger partial charge in [-0.25, -0.2) is 9.97 Å². The molecule has 3 rings (SSSR count). The summed E-state index contributed by atoms with van der Waals surface area (Å²) in [5.41, 5.74) is 18.7. The quantitative estimate of drug-likeness (QED) is 0.486. The fourth-order valence-electron chi connectivity index (χ4n) is 1.86. The van der Waals surface area contributed by atoms with E-state index in [0.717, 1.165) is 15.8 Å².